The number of hydrogen-bond acceptors (Lipinski definition) is 7. The number of hydrogen-bond donors (Lipinski definition) is 3. The van der Waals surface area contributed by atoms with Gasteiger partial charge in [-0.05, 0) is 57.2 Å². The van der Waals surface area contributed by atoms with Crippen LogP contribution in [-0.2, 0) is 22.1 Å². The van der Waals surface area contributed by atoms with Crippen molar-refractivity contribution in [2.45, 2.75) is 75.6 Å². The van der Waals surface area contributed by atoms with Crippen molar-refractivity contribution >= 4 is 19.1 Å². The Bertz CT molecular complexity index is 1200. The fourth-order valence-corrected chi connectivity index (χ4v) is 5.22. The lowest BCUT2D eigenvalue weighted by atomic mass is 9.75. The van der Waals surface area contributed by atoms with Gasteiger partial charge in [-0.3, -0.25) is 9.69 Å². The van der Waals surface area contributed by atoms with E-state index in [1.807, 2.05) is 6.07 Å². The molecule has 2 aliphatic heterocycles. The SMILES string of the molecule is CC(C)(/C=C(\C#N)C(=O)N1CCCC[C@@H]1COC(=O)N[C@@H](Cc1ccccc1C(F)(F)F)B(O)O)N1CCC(F)(F)C1. The van der Waals surface area contributed by atoms with Gasteiger partial charge in [-0.25, -0.2) is 13.6 Å². The van der Waals surface area contributed by atoms with Crippen LogP contribution in [0.15, 0.2) is 35.9 Å². The van der Waals surface area contributed by atoms with Crippen molar-refractivity contribution < 1.29 is 46.3 Å². The number of ether oxygens (including phenoxy) is 1. The van der Waals surface area contributed by atoms with Gasteiger partial charge in [-0.1, -0.05) is 18.2 Å². The Morgan fingerprint density at radius 2 is 1.93 bits per heavy atom. The molecule has 2 saturated heterocycles. The Hall–Kier alpha value is -3.22. The number of alkyl halides is 5. The zero-order valence-corrected chi connectivity index (χ0v) is 23.3. The van der Waals surface area contributed by atoms with Gasteiger partial charge in [0.1, 0.15) is 18.2 Å². The number of rotatable bonds is 9. The minimum atomic E-state index is -4.69. The summed E-state index contributed by atoms with van der Waals surface area (Å²) in [4.78, 5) is 28.7. The van der Waals surface area contributed by atoms with Crippen LogP contribution in [0, 0.1) is 11.3 Å². The van der Waals surface area contributed by atoms with Crippen LogP contribution in [0.1, 0.15) is 50.7 Å². The van der Waals surface area contributed by atoms with Crippen LogP contribution in [0.3, 0.4) is 0 Å². The number of piperidine rings is 1. The summed E-state index contributed by atoms with van der Waals surface area (Å²) in [6.45, 7) is 2.81. The topological polar surface area (TPSA) is 126 Å². The van der Waals surface area contributed by atoms with E-state index in [2.05, 4.69) is 5.32 Å². The number of nitriles is 1. The monoisotopic (exact) mass is 600 g/mol. The molecule has 2 amide bonds. The summed E-state index contributed by atoms with van der Waals surface area (Å²) in [5.74, 6) is -5.03. The maximum atomic E-state index is 13.8. The van der Waals surface area contributed by atoms with Gasteiger partial charge in [0.25, 0.3) is 11.8 Å². The molecule has 0 radical (unpaired) electrons. The van der Waals surface area contributed by atoms with Gasteiger partial charge in [0.05, 0.1) is 24.1 Å². The fourth-order valence-electron chi connectivity index (χ4n) is 5.22. The predicted octanol–water partition coefficient (Wildman–Crippen LogP) is 3.31. The van der Waals surface area contributed by atoms with E-state index in [1.54, 1.807) is 13.8 Å². The van der Waals surface area contributed by atoms with Crippen LogP contribution in [-0.4, -0.2) is 88.7 Å². The maximum absolute atomic E-state index is 13.8. The Morgan fingerprint density at radius 1 is 1.24 bits per heavy atom. The molecule has 3 N–H and O–H groups in total. The molecule has 2 aliphatic rings. The second-order valence-electron chi connectivity index (χ2n) is 11.1. The second-order valence-corrected chi connectivity index (χ2v) is 11.1. The lowest BCUT2D eigenvalue weighted by Gasteiger charge is -2.36. The molecule has 0 aromatic heterocycles. The Kier molecular flexibility index (Phi) is 10.6. The van der Waals surface area contributed by atoms with E-state index in [9.17, 15) is 46.9 Å². The van der Waals surface area contributed by atoms with E-state index < -0.39 is 67.3 Å². The third kappa shape index (κ3) is 8.65. The van der Waals surface area contributed by atoms with Crippen LogP contribution in [0.4, 0.5) is 26.7 Å². The molecule has 0 bridgehead atoms. The molecule has 2 heterocycles. The molecular weight excluding hydrogens is 566 g/mol. The van der Waals surface area contributed by atoms with Crippen molar-refractivity contribution in [2.75, 3.05) is 26.2 Å². The number of alkyl carbamates (subject to hydrolysis) is 1. The molecule has 15 heteroatoms. The highest BCUT2D eigenvalue weighted by Gasteiger charge is 2.43. The molecule has 0 spiro atoms. The first-order chi connectivity index (χ1) is 19.5. The number of carbonyl (C=O) groups is 2. The van der Waals surface area contributed by atoms with Crippen LogP contribution in [0.2, 0.25) is 0 Å². The second kappa shape index (κ2) is 13.4. The summed E-state index contributed by atoms with van der Waals surface area (Å²) in [5.41, 5.74) is -2.49. The smallest absolute Gasteiger partial charge is 0.447 e. The predicted molar refractivity (Wildman–Crippen MR) is 142 cm³/mol. The van der Waals surface area contributed by atoms with Crippen molar-refractivity contribution in [3.05, 3.63) is 47.0 Å². The minimum Gasteiger partial charge on any atom is -0.447 e. The molecule has 1 aromatic carbocycles. The van der Waals surface area contributed by atoms with Crippen molar-refractivity contribution in [1.29, 1.82) is 5.26 Å². The van der Waals surface area contributed by atoms with Crippen LogP contribution < -0.4 is 5.32 Å². The standard InChI is InChI=1S/C27H34BF5N4O5/c1-25(2,36-12-10-26(29,30)17-36)14-19(15-34)23(38)37-11-6-5-8-20(37)16-42-24(39)35-22(28(40)41)13-18-7-3-4-9-21(18)27(31,32)33/h3-4,7,9,14,20,22,40-41H,5-6,8,10-13,16-17H2,1-2H3,(H,35,39)/b19-14+/t20-,22+/m1/s1. The van der Waals surface area contributed by atoms with Crippen molar-refractivity contribution in [2.24, 2.45) is 0 Å². The number of halogens is 5. The van der Waals surface area contributed by atoms with E-state index in [0.29, 0.717) is 19.3 Å². The highest BCUT2D eigenvalue weighted by molar-refractivity contribution is 6.43. The van der Waals surface area contributed by atoms with Gasteiger partial charge in [-0.15, -0.1) is 0 Å². The maximum Gasteiger partial charge on any atom is 0.475 e. The molecule has 0 aliphatic carbocycles. The first kappa shape index (κ1) is 33.3. The lowest BCUT2D eigenvalue weighted by Crippen LogP contribution is -2.50. The zero-order valence-electron chi connectivity index (χ0n) is 23.3. The van der Waals surface area contributed by atoms with Gasteiger partial charge in [-0.2, -0.15) is 18.4 Å². The first-order valence-electron chi connectivity index (χ1n) is 13.6. The van der Waals surface area contributed by atoms with E-state index in [-0.39, 0.29) is 37.3 Å². The quantitative estimate of drug-likeness (QED) is 0.172. The van der Waals surface area contributed by atoms with E-state index in [1.165, 1.54) is 28.0 Å². The summed E-state index contributed by atoms with van der Waals surface area (Å²) in [6, 6.07) is 5.76. The molecule has 9 nitrogen and oxygen atoms in total. The van der Waals surface area contributed by atoms with E-state index in [4.69, 9.17) is 4.74 Å². The summed E-state index contributed by atoms with van der Waals surface area (Å²) < 4.78 is 72.8. The molecule has 2 atom stereocenters. The molecule has 2 fully saturated rings. The molecule has 3 rings (SSSR count). The first-order valence-corrected chi connectivity index (χ1v) is 13.6. The normalized spacial score (nSPS) is 20.5. The Balaban J connectivity index is 1.66. The number of nitrogens with zero attached hydrogens (tertiary/aromatic N) is 3. The average molecular weight is 600 g/mol. The highest BCUT2D eigenvalue weighted by Crippen LogP contribution is 2.34. The van der Waals surface area contributed by atoms with Gasteiger partial charge < -0.3 is 25.0 Å². The molecular formula is C27H34BF5N4O5. The number of nitrogens with one attached hydrogen (secondary N) is 1. The molecule has 0 unspecified atom stereocenters. The van der Waals surface area contributed by atoms with Gasteiger partial charge >= 0.3 is 19.4 Å². The fraction of sp³-hybridized carbons (Fsp3) is 0.593. The third-order valence-electron chi connectivity index (χ3n) is 7.55. The van der Waals surface area contributed by atoms with Crippen LogP contribution >= 0.6 is 0 Å². The number of likely N-dealkylation sites (tertiary alicyclic amines) is 2. The molecule has 0 saturated carbocycles. The van der Waals surface area contributed by atoms with Gasteiger partial charge in [0.2, 0.25) is 0 Å². The van der Waals surface area contributed by atoms with E-state index in [0.717, 1.165) is 12.1 Å². The molecule has 1 aromatic rings. The number of carbonyl (C=O) groups excluding carboxylic acids is 2. The average Bonchev–Trinajstić information content (AvgIpc) is 3.30. The lowest BCUT2D eigenvalue weighted by molar-refractivity contribution is -0.138. The largest absolute Gasteiger partial charge is 0.475 e. The van der Waals surface area contributed by atoms with Gasteiger partial charge in [0, 0.05) is 25.0 Å². The van der Waals surface area contributed by atoms with Crippen molar-refractivity contribution in [3.8, 4) is 6.07 Å². The number of benzene rings is 1. The Labute approximate surface area is 241 Å². The summed E-state index contributed by atoms with van der Waals surface area (Å²) in [7, 11) is -2.20. The van der Waals surface area contributed by atoms with E-state index >= 15 is 0 Å². The third-order valence-corrected chi connectivity index (χ3v) is 7.55. The van der Waals surface area contributed by atoms with Crippen LogP contribution in [0.25, 0.3) is 0 Å². The number of amides is 2. The summed E-state index contributed by atoms with van der Waals surface area (Å²) >= 11 is 0. The van der Waals surface area contributed by atoms with Crippen LogP contribution in [0.5, 0.6) is 0 Å². The summed E-state index contributed by atoms with van der Waals surface area (Å²) in [6.07, 6.45) is -3.61. The Morgan fingerprint density at radius 3 is 2.52 bits per heavy atom. The highest BCUT2D eigenvalue weighted by atomic mass is 19.4. The molecule has 42 heavy (non-hydrogen) atoms. The van der Waals surface area contributed by atoms with Crippen molar-refractivity contribution in [1.82, 2.24) is 15.1 Å². The summed E-state index contributed by atoms with van der Waals surface area (Å²) in [5, 5.41) is 31.3. The minimum absolute atomic E-state index is 0.101. The molecule has 230 valence electrons. The zero-order chi connectivity index (χ0) is 31.3. The van der Waals surface area contributed by atoms with Gasteiger partial charge in [0.15, 0.2) is 0 Å². The van der Waals surface area contributed by atoms with Crippen molar-refractivity contribution in [3.63, 3.8) is 0 Å².